The largest absolute Gasteiger partial charge is 0.313 e. The van der Waals surface area contributed by atoms with Crippen LogP contribution in [-0.2, 0) is 6.42 Å². The fourth-order valence-electron chi connectivity index (χ4n) is 7.73. The van der Waals surface area contributed by atoms with E-state index in [1.165, 1.54) is 72.0 Å². The van der Waals surface area contributed by atoms with Crippen LogP contribution in [0.25, 0.3) is 60.9 Å². The first-order chi connectivity index (χ1) is 21.8. The van der Waals surface area contributed by atoms with Gasteiger partial charge in [0.25, 0.3) is 0 Å². The second kappa shape index (κ2) is 10.1. The molecule has 9 rings (SSSR count). The standard InChI is InChI=1S/C43H31N/c1-2-12-29(13-3-1)30-14-8-15-31(26-30)32-16-9-17-33(27-32)35-21-10-18-34-28-39-38(43(34)35)22-11-25-42(39)44-40-23-6-4-19-36(40)37-20-5-7-24-41(37)44/h1-27,38-39H,28H2. The minimum absolute atomic E-state index is 0.339. The number of rotatable bonds is 4. The molecule has 6 aromatic carbocycles. The summed E-state index contributed by atoms with van der Waals surface area (Å²) in [7, 11) is 0. The van der Waals surface area contributed by atoms with Gasteiger partial charge in [-0.3, -0.25) is 0 Å². The first-order valence-electron chi connectivity index (χ1n) is 15.6. The number of hydrogen-bond donors (Lipinski definition) is 0. The summed E-state index contributed by atoms with van der Waals surface area (Å²) in [6.07, 6.45) is 8.12. The van der Waals surface area contributed by atoms with Crippen LogP contribution in [0.2, 0.25) is 0 Å². The van der Waals surface area contributed by atoms with Gasteiger partial charge in [0.15, 0.2) is 0 Å². The number of para-hydroxylation sites is 2. The van der Waals surface area contributed by atoms with Gasteiger partial charge in [0, 0.05) is 28.3 Å². The summed E-state index contributed by atoms with van der Waals surface area (Å²) in [6.45, 7) is 0. The lowest BCUT2D eigenvalue weighted by Crippen LogP contribution is -2.16. The van der Waals surface area contributed by atoms with E-state index in [0.29, 0.717) is 11.8 Å². The summed E-state index contributed by atoms with van der Waals surface area (Å²) in [5.41, 5.74) is 14.5. The van der Waals surface area contributed by atoms with E-state index in [-0.39, 0.29) is 0 Å². The van der Waals surface area contributed by atoms with Crippen molar-refractivity contribution in [2.45, 2.75) is 12.3 Å². The Balaban J connectivity index is 1.12. The molecule has 2 atom stereocenters. The van der Waals surface area contributed by atoms with Crippen LogP contribution in [0.3, 0.4) is 0 Å². The zero-order valence-electron chi connectivity index (χ0n) is 24.4. The predicted molar refractivity (Wildman–Crippen MR) is 186 cm³/mol. The molecular weight excluding hydrogens is 530 g/mol. The van der Waals surface area contributed by atoms with Crippen molar-refractivity contribution in [2.75, 3.05) is 0 Å². The lowest BCUT2D eigenvalue weighted by molar-refractivity contribution is 0.627. The number of allylic oxidation sites excluding steroid dienone is 4. The Bertz CT molecular complexity index is 2210. The number of aromatic nitrogens is 1. The Morgan fingerprint density at radius 3 is 1.80 bits per heavy atom. The first-order valence-corrected chi connectivity index (χ1v) is 15.6. The summed E-state index contributed by atoms with van der Waals surface area (Å²) in [5.74, 6) is 0.729. The highest BCUT2D eigenvalue weighted by Crippen LogP contribution is 2.51. The molecule has 44 heavy (non-hydrogen) atoms. The van der Waals surface area contributed by atoms with Crippen molar-refractivity contribution in [1.82, 2.24) is 4.57 Å². The third-order valence-corrected chi connectivity index (χ3v) is 9.68. The summed E-state index contributed by atoms with van der Waals surface area (Å²) >= 11 is 0. The predicted octanol–water partition coefficient (Wildman–Crippen LogP) is 11.2. The summed E-state index contributed by atoms with van der Waals surface area (Å²) in [5, 5.41) is 2.64. The molecule has 2 aliphatic carbocycles. The maximum Gasteiger partial charge on any atom is 0.0537 e. The smallest absolute Gasteiger partial charge is 0.0537 e. The van der Waals surface area contributed by atoms with Crippen LogP contribution in [-0.4, -0.2) is 4.57 Å². The molecule has 0 spiro atoms. The molecule has 2 aliphatic rings. The third kappa shape index (κ3) is 3.93. The van der Waals surface area contributed by atoms with Gasteiger partial charge in [0.1, 0.15) is 0 Å². The van der Waals surface area contributed by atoms with Crippen LogP contribution < -0.4 is 0 Å². The Hall–Kier alpha value is -5.40. The van der Waals surface area contributed by atoms with Gasteiger partial charge in [0.2, 0.25) is 0 Å². The van der Waals surface area contributed by atoms with E-state index < -0.39 is 0 Å². The second-order valence-electron chi connectivity index (χ2n) is 12.1. The molecule has 0 amide bonds. The SMILES string of the molecule is C1=CC2c3c(cccc3-c3cccc(-c4cccc(-c5ccccc5)c4)c3)CC2C(n2c3ccccc3c3ccccc32)=C1. The maximum absolute atomic E-state index is 2.53. The van der Waals surface area contributed by atoms with Crippen molar-refractivity contribution in [3.05, 3.63) is 175 Å². The zero-order chi connectivity index (χ0) is 29.0. The molecule has 208 valence electrons. The van der Waals surface area contributed by atoms with Crippen LogP contribution >= 0.6 is 0 Å². The quantitative estimate of drug-likeness (QED) is 0.201. The average molecular weight is 562 g/mol. The molecule has 0 radical (unpaired) electrons. The number of nitrogens with zero attached hydrogens (tertiary/aromatic N) is 1. The van der Waals surface area contributed by atoms with E-state index in [1.807, 2.05) is 0 Å². The van der Waals surface area contributed by atoms with Crippen LogP contribution in [0.4, 0.5) is 0 Å². The Morgan fingerprint density at radius 2 is 1.07 bits per heavy atom. The van der Waals surface area contributed by atoms with Crippen molar-refractivity contribution < 1.29 is 0 Å². The normalized spacial score (nSPS) is 17.0. The van der Waals surface area contributed by atoms with E-state index in [2.05, 4.69) is 168 Å². The highest BCUT2D eigenvalue weighted by atomic mass is 15.0. The maximum atomic E-state index is 2.53. The Labute approximate surface area is 258 Å². The van der Waals surface area contributed by atoms with Crippen molar-refractivity contribution >= 4 is 27.5 Å². The Kier molecular flexibility index (Phi) is 5.77. The number of benzene rings is 6. The molecule has 0 saturated carbocycles. The van der Waals surface area contributed by atoms with Gasteiger partial charge in [-0.1, -0.05) is 133 Å². The molecule has 7 aromatic rings. The molecule has 0 bridgehead atoms. The molecule has 0 aliphatic heterocycles. The van der Waals surface area contributed by atoms with Gasteiger partial charge in [-0.05, 0) is 81.3 Å². The van der Waals surface area contributed by atoms with Crippen molar-refractivity contribution in [3.8, 4) is 33.4 Å². The van der Waals surface area contributed by atoms with E-state index >= 15 is 0 Å². The van der Waals surface area contributed by atoms with Gasteiger partial charge in [-0.2, -0.15) is 0 Å². The molecule has 0 saturated heterocycles. The van der Waals surface area contributed by atoms with Gasteiger partial charge < -0.3 is 4.57 Å². The van der Waals surface area contributed by atoms with Crippen molar-refractivity contribution in [1.29, 1.82) is 0 Å². The van der Waals surface area contributed by atoms with E-state index in [4.69, 9.17) is 0 Å². The average Bonchev–Trinajstić information content (AvgIpc) is 3.65. The van der Waals surface area contributed by atoms with Crippen LogP contribution in [0.5, 0.6) is 0 Å². The van der Waals surface area contributed by atoms with E-state index in [1.54, 1.807) is 0 Å². The fraction of sp³-hybridized carbons (Fsp3) is 0.0698. The van der Waals surface area contributed by atoms with Crippen molar-refractivity contribution in [2.24, 2.45) is 5.92 Å². The first kappa shape index (κ1) is 25.1. The lowest BCUT2D eigenvalue weighted by atomic mass is 9.83. The van der Waals surface area contributed by atoms with Crippen LogP contribution in [0.1, 0.15) is 17.0 Å². The topological polar surface area (TPSA) is 4.93 Å². The number of hydrogen-bond acceptors (Lipinski definition) is 0. The highest BCUT2D eigenvalue weighted by Gasteiger charge is 2.37. The number of fused-ring (bicyclic) bond motifs is 6. The van der Waals surface area contributed by atoms with Crippen LogP contribution in [0.15, 0.2) is 164 Å². The summed E-state index contributed by atoms with van der Waals surface area (Å²) in [6, 6.07) is 53.3. The van der Waals surface area contributed by atoms with E-state index in [0.717, 1.165) is 6.42 Å². The van der Waals surface area contributed by atoms with Crippen molar-refractivity contribution in [3.63, 3.8) is 0 Å². The monoisotopic (exact) mass is 561 g/mol. The minimum atomic E-state index is 0.339. The Morgan fingerprint density at radius 1 is 0.500 bits per heavy atom. The fourth-order valence-corrected chi connectivity index (χ4v) is 7.73. The van der Waals surface area contributed by atoms with E-state index in [9.17, 15) is 0 Å². The van der Waals surface area contributed by atoms with Gasteiger partial charge >= 0.3 is 0 Å². The third-order valence-electron chi connectivity index (χ3n) is 9.68. The molecule has 1 nitrogen and oxygen atoms in total. The second-order valence-corrected chi connectivity index (χ2v) is 12.1. The molecule has 0 N–H and O–H groups in total. The van der Waals surface area contributed by atoms with Gasteiger partial charge in [-0.15, -0.1) is 0 Å². The molecule has 1 aromatic heterocycles. The highest BCUT2D eigenvalue weighted by molar-refractivity contribution is 6.10. The molecular formula is C43H31N. The minimum Gasteiger partial charge on any atom is -0.313 e. The summed E-state index contributed by atoms with van der Waals surface area (Å²) in [4.78, 5) is 0. The molecule has 1 heteroatoms. The van der Waals surface area contributed by atoms with Gasteiger partial charge in [-0.25, -0.2) is 0 Å². The van der Waals surface area contributed by atoms with Gasteiger partial charge in [0.05, 0.1) is 11.0 Å². The summed E-state index contributed by atoms with van der Waals surface area (Å²) < 4.78 is 2.53. The lowest BCUT2D eigenvalue weighted by Gasteiger charge is -2.27. The molecule has 0 fully saturated rings. The molecule has 2 unspecified atom stereocenters. The van der Waals surface area contributed by atoms with Crippen LogP contribution in [0, 0.1) is 5.92 Å². The zero-order valence-corrected chi connectivity index (χ0v) is 24.4. The molecule has 1 heterocycles.